The van der Waals surface area contributed by atoms with Crippen LogP contribution in [-0.4, -0.2) is 21.0 Å². The first-order valence-corrected chi connectivity index (χ1v) is 7.74. The van der Waals surface area contributed by atoms with Crippen molar-refractivity contribution in [2.75, 3.05) is 5.32 Å². The molecule has 5 nitrogen and oxygen atoms in total. The lowest BCUT2D eigenvalue weighted by Crippen LogP contribution is -1.97. The number of carbonyl (C=O) groups is 1. The average Bonchev–Trinajstić information content (AvgIpc) is 2.80. The number of rotatable bonds is 3. The van der Waals surface area contributed by atoms with Gasteiger partial charge in [-0.3, -0.25) is 0 Å². The molecule has 0 bridgehead atoms. The molecule has 0 saturated carbocycles. The molecule has 8 heteroatoms. The number of aromatic nitrogens is 2. The van der Waals surface area contributed by atoms with Gasteiger partial charge in [0.25, 0.3) is 0 Å². The molecule has 0 aliphatic heterocycles. The largest absolute Gasteiger partial charge is 0.477 e. The Morgan fingerprint density at radius 2 is 2.09 bits per heavy atom. The van der Waals surface area contributed by atoms with E-state index in [-0.39, 0.29) is 4.88 Å². The number of hydrogen-bond donors (Lipinski definition) is 2. The lowest BCUT2D eigenvalue weighted by molar-refractivity contribution is 0.0701. The fraction of sp³-hybridized carbons (Fsp3) is 0.0714. The summed E-state index contributed by atoms with van der Waals surface area (Å²) < 4.78 is 0. The van der Waals surface area contributed by atoms with Gasteiger partial charge in [-0.2, -0.15) is 0 Å². The van der Waals surface area contributed by atoms with Crippen molar-refractivity contribution in [1.82, 2.24) is 9.97 Å². The lowest BCUT2D eigenvalue weighted by atomic mass is 10.2. The average molecular weight is 354 g/mol. The Morgan fingerprint density at radius 1 is 1.32 bits per heavy atom. The summed E-state index contributed by atoms with van der Waals surface area (Å²) in [5.74, 6) is -0.466. The highest BCUT2D eigenvalue weighted by Crippen LogP contribution is 2.36. The number of carboxylic acid groups (broad SMARTS) is 1. The van der Waals surface area contributed by atoms with Gasteiger partial charge < -0.3 is 10.4 Å². The van der Waals surface area contributed by atoms with E-state index >= 15 is 0 Å². The predicted octanol–water partition coefficient (Wildman–Crippen LogP) is 4.75. The van der Waals surface area contributed by atoms with Crippen LogP contribution in [0.1, 0.15) is 15.2 Å². The number of anilines is 2. The maximum Gasteiger partial charge on any atom is 0.346 e. The lowest BCUT2D eigenvalue weighted by Gasteiger charge is -2.09. The van der Waals surface area contributed by atoms with E-state index in [0.717, 1.165) is 11.3 Å². The minimum atomic E-state index is -0.976. The van der Waals surface area contributed by atoms with Crippen molar-refractivity contribution in [2.45, 2.75) is 6.92 Å². The maximum atomic E-state index is 11.3. The molecule has 1 aromatic carbocycles. The summed E-state index contributed by atoms with van der Waals surface area (Å²) in [7, 11) is 0. The van der Waals surface area contributed by atoms with Crippen LogP contribution < -0.4 is 5.32 Å². The summed E-state index contributed by atoms with van der Waals surface area (Å²) in [4.78, 5) is 20.5. The Balaban J connectivity index is 2.13. The normalized spacial score (nSPS) is 10.9. The molecule has 0 atom stereocenters. The monoisotopic (exact) mass is 353 g/mol. The van der Waals surface area contributed by atoms with E-state index in [1.165, 1.54) is 6.33 Å². The van der Waals surface area contributed by atoms with Gasteiger partial charge in [-0.05, 0) is 30.7 Å². The van der Waals surface area contributed by atoms with Gasteiger partial charge >= 0.3 is 5.97 Å². The van der Waals surface area contributed by atoms with Gasteiger partial charge in [-0.1, -0.05) is 23.2 Å². The summed E-state index contributed by atoms with van der Waals surface area (Å²) in [5.41, 5.74) is 1.26. The van der Waals surface area contributed by atoms with Gasteiger partial charge in [-0.15, -0.1) is 11.3 Å². The fourth-order valence-corrected chi connectivity index (χ4v) is 3.53. The Morgan fingerprint density at radius 3 is 2.77 bits per heavy atom. The maximum absolute atomic E-state index is 11.3. The molecule has 0 amide bonds. The molecule has 0 aliphatic rings. The molecule has 0 saturated heterocycles. The van der Waals surface area contributed by atoms with Crippen LogP contribution in [-0.2, 0) is 0 Å². The SMILES string of the molecule is Cc1c(C(=O)O)sc2ncnc(Nc3ccc(Cl)cc3Cl)c12. The van der Waals surface area contributed by atoms with E-state index < -0.39 is 5.97 Å². The van der Waals surface area contributed by atoms with E-state index in [1.54, 1.807) is 25.1 Å². The van der Waals surface area contributed by atoms with Gasteiger partial charge in [0.1, 0.15) is 21.9 Å². The van der Waals surface area contributed by atoms with E-state index in [9.17, 15) is 9.90 Å². The second kappa shape index (κ2) is 5.72. The molecule has 0 spiro atoms. The molecule has 0 aliphatic carbocycles. The minimum absolute atomic E-state index is 0.251. The van der Waals surface area contributed by atoms with E-state index in [1.807, 2.05) is 0 Å². The molecule has 112 valence electrons. The highest BCUT2D eigenvalue weighted by Gasteiger charge is 2.19. The summed E-state index contributed by atoms with van der Waals surface area (Å²) in [5, 5.41) is 14.0. The highest BCUT2D eigenvalue weighted by molar-refractivity contribution is 7.20. The number of aryl methyl sites for hydroxylation is 1. The van der Waals surface area contributed by atoms with Crippen LogP contribution in [0.4, 0.5) is 11.5 Å². The smallest absolute Gasteiger partial charge is 0.346 e. The van der Waals surface area contributed by atoms with Crippen LogP contribution >= 0.6 is 34.5 Å². The Hall–Kier alpha value is -1.89. The zero-order valence-corrected chi connectivity index (χ0v) is 13.6. The van der Waals surface area contributed by atoms with Crippen molar-refractivity contribution in [2.24, 2.45) is 0 Å². The Bertz CT molecular complexity index is 895. The molecule has 0 radical (unpaired) electrons. The Labute approximate surface area is 139 Å². The molecule has 2 heterocycles. The van der Waals surface area contributed by atoms with E-state index in [4.69, 9.17) is 23.2 Å². The molecule has 22 heavy (non-hydrogen) atoms. The van der Waals surface area contributed by atoms with Crippen molar-refractivity contribution in [3.8, 4) is 0 Å². The molecule has 2 aromatic heterocycles. The van der Waals surface area contributed by atoms with Gasteiger partial charge in [0, 0.05) is 5.02 Å². The van der Waals surface area contributed by atoms with E-state index in [0.29, 0.717) is 37.3 Å². The topological polar surface area (TPSA) is 75.1 Å². The van der Waals surface area contributed by atoms with Crippen LogP contribution in [0, 0.1) is 6.92 Å². The second-order valence-corrected chi connectivity index (χ2v) is 6.36. The first-order valence-electron chi connectivity index (χ1n) is 6.17. The van der Waals surface area contributed by atoms with Crippen LogP contribution in [0.2, 0.25) is 10.0 Å². The number of thiophene rings is 1. The number of fused-ring (bicyclic) bond motifs is 1. The third kappa shape index (κ3) is 2.61. The van der Waals surface area contributed by atoms with Crippen molar-refractivity contribution in [3.63, 3.8) is 0 Å². The minimum Gasteiger partial charge on any atom is -0.477 e. The highest BCUT2D eigenvalue weighted by atomic mass is 35.5. The fourth-order valence-electron chi connectivity index (χ4n) is 2.09. The Kier molecular flexibility index (Phi) is 3.90. The number of nitrogens with one attached hydrogen (secondary N) is 1. The van der Waals surface area contributed by atoms with Crippen LogP contribution in [0.3, 0.4) is 0 Å². The number of halogens is 2. The number of aromatic carboxylic acids is 1. The zero-order chi connectivity index (χ0) is 15.9. The molecule has 3 aromatic rings. The first-order chi connectivity index (χ1) is 10.5. The van der Waals surface area contributed by atoms with Crippen LogP contribution in [0.25, 0.3) is 10.2 Å². The molecular weight excluding hydrogens is 345 g/mol. The quantitative estimate of drug-likeness (QED) is 0.710. The second-order valence-electron chi connectivity index (χ2n) is 4.51. The van der Waals surface area contributed by atoms with Crippen LogP contribution in [0.5, 0.6) is 0 Å². The summed E-state index contributed by atoms with van der Waals surface area (Å²) >= 11 is 13.1. The van der Waals surface area contributed by atoms with Crippen molar-refractivity contribution >= 4 is 62.2 Å². The number of benzene rings is 1. The van der Waals surface area contributed by atoms with Crippen LogP contribution in [0.15, 0.2) is 24.5 Å². The third-order valence-corrected chi connectivity index (χ3v) is 4.84. The van der Waals surface area contributed by atoms with Crippen molar-refractivity contribution in [3.05, 3.63) is 45.0 Å². The predicted molar refractivity (Wildman–Crippen MR) is 88.9 cm³/mol. The molecular formula is C14H9Cl2N3O2S. The molecule has 0 fully saturated rings. The summed E-state index contributed by atoms with van der Waals surface area (Å²) in [6.45, 7) is 1.74. The standard InChI is InChI=1S/C14H9Cl2N3O2S/c1-6-10-12(19-9-3-2-7(15)4-8(9)16)17-5-18-13(10)22-11(6)14(20)21/h2-5H,1H3,(H,20,21)(H,17,18,19). The first kappa shape index (κ1) is 15.0. The summed E-state index contributed by atoms with van der Waals surface area (Å²) in [6.07, 6.45) is 1.38. The van der Waals surface area contributed by atoms with Gasteiger partial charge in [0.05, 0.1) is 16.1 Å². The van der Waals surface area contributed by atoms with Gasteiger partial charge in [0.15, 0.2) is 0 Å². The zero-order valence-electron chi connectivity index (χ0n) is 11.2. The van der Waals surface area contributed by atoms with Crippen molar-refractivity contribution in [1.29, 1.82) is 0 Å². The number of hydrogen-bond acceptors (Lipinski definition) is 5. The summed E-state index contributed by atoms with van der Waals surface area (Å²) in [6, 6.07) is 5.06. The molecule has 2 N–H and O–H groups in total. The number of nitrogens with zero attached hydrogens (tertiary/aromatic N) is 2. The molecule has 0 unspecified atom stereocenters. The van der Waals surface area contributed by atoms with Crippen molar-refractivity contribution < 1.29 is 9.90 Å². The van der Waals surface area contributed by atoms with Gasteiger partial charge in [0.2, 0.25) is 0 Å². The molecule has 3 rings (SSSR count). The van der Waals surface area contributed by atoms with Gasteiger partial charge in [-0.25, -0.2) is 14.8 Å². The van der Waals surface area contributed by atoms with E-state index in [2.05, 4.69) is 15.3 Å². The number of carboxylic acids is 1. The third-order valence-electron chi connectivity index (χ3n) is 3.11.